The van der Waals surface area contributed by atoms with Crippen LogP contribution in [0.1, 0.15) is 6.92 Å². The molecular formula is C14H26O11. The van der Waals surface area contributed by atoms with E-state index in [2.05, 4.69) is 0 Å². The minimum atomic E-state index is -1.60. The number of ether oxygens (including phenoxy) is 4. The van der Waals surface area contributed by atoms with Crippen LogP contribution in [0.2, 0.25) is 0 Å². The normalized spacial score (nSPS) is 48.5. The molecule has 10 atom stereocenters. The van der Waals surface area contributed by atoms with Crippen LogP contribution >= 0.6 is 0 Å². The topological polar surface area (TPSA) is 179 Å². The zero-order valence-corrected chi connectivity index (χ0v) is 13.7. The molecule has 2 aliphatic rings. The zero-order chi connectivity index (χ0) is 18.7. The van der Waals surface area contributed by atoms with Crippen molar-refractivity contribution in [1.82, 2.24) is 0 Å². The second-order valence-corrected chi connectivity index (χ2v) is 6.00. The van der Waals surface area contributed by atoms with Gasteiger partial charge in [0.15, 0.2) is 12.6 Å². The van der Waals surface area contributed by atoms with E-state index in [4.69, 9.17) is 24.1 Å². The Morgan fingerprint density at radius 2 is 1.16 bits per heavy atom. The molecule has 11 heteroatoms. The van der Waals surface area contributed by atoms with E-state index >= 15 is 0 Å². The molecule has 25 heavy (non-hydrogen) atoms. The molecule has 2 rings (SSSR count). The van der Waals surface area contributed by atoms with Crippen molar-refractivity contribution in [3.05, 3.63) is 0 Å². The first-order valence-corrected chi connectivity index (χ1v) is 8.05. The summed E-state index contributed by atoms with van der Waals surface area (Å²) >= 11 is 0. The van der Waals surface area contributed by atoms with E-state index in [1.807, 2.05) is 0 Å². The molecule has 2 heterocycles. The van der Waals surface area contributed by atoms with Crippen molar-refractivity contribution < 1.29 is 54.7 Å². The SMILES string of the molecule is CCO[C@@H]1O[C@H](CO[C@@H]2O[C@H](CO)[C@H](O)[C@H](O)[C@H]2O)[C@H](O)[C@H](O)[C@H]1O. The molecule has 0 unspecified atom stereocenters. The van der Waals surface area contributed by atoms with Gasteiger partial charge in [0.2, 0.25) is 0 Å². The monoisotopic (exact) mass is 370 g/mol. The van der Waals surface area contributed by atoms with Crippen LogP contribution in [0.15, 0.2) is 0 Å². The molecule has 2 fully saturated rings. The van der Waals surface area contributed by atoms with E-state index in [1.54, 1.807) is 6.92 Å². The van der Waals surface area contributed by atoms with E-state index in [0.29, 0.717) is 0 Å². The molecular weight excluding hydrogens is 344 g/mol. The third kappa shape index (κ3) is 4.46. The van der Waals surface area contributed by atoms with E-state index in [9.17, 15) is 30.6 Å². The molecule has 11 nitrogen and oxygen atoms in total. The summed E-state index contributed by atoms with van der Waals surface area (Å²) in [5.41, 5.74) is 0. The van der Waals surface area contributed by atoms with Crippen molar-refractivity contribution in [3.63, 3.8) is 0 Å². The second kappa shape index (κ2) is 8.97. The van der Waals surface area contributed by atoms with Crippen LogP contribution in [-0.4, -0.2) is 117 Å². The Morgan fingerprint density at radius 1 is 0.680 bits per heavy atom. The zero-order valence-electron chi connectivity index (χ0n) is 13.7. The van der Waals surface area contributed by atoms with Crippen LogP contribution < -0.4 is 0 Å². The lowest BCUT2D eigenvalue weighted by Gasteiger charge is -2.42. The third-order valence-corrected chi connectivity index (χ3v) is 4.27. The van der Waals surface area contributed by atoms with Crippen molar-refractivity contribution in [2.75, 3.05) is 19.8 Å². The molecule has 0 aromatic carbocycles. The fourth-order valence-corrected chi connectivity index (χ4v) is 2.75. The van der Waals surface area contributed by atoms with Gasteiger partial charge in [0, 0.05) is 6.61 Å². The van der Waals surface area contributed by atoms with Gasteiger partial charge in [-0.3, -0.25) is 0 Å². The molecule has 7 N–H and O–H groups in total. The molecule has 0 amide bonds. The van der Waals surface area contributed by atoms with Crippen molar-refractivity contribution in [1.29, 1.82) is 0 Å². The lowest BCUT2D eigenvalue weighted by Crippen LogP contribution is -2.61. The van der Waals surface area contributed by atoms with Crippen LogP contribution in [-0.2, 0) is 18.9 Å². The molecule has 2 saturated heterocycles. The minimum Gasteiger partial charge on any atom is -0.394 e. The lowest BCUT2D eigenvalue weighted by molar-refractivity contribution is -0.330. The highest BCUT2D eigenvalue weighted by atomic mass is 16.7. The van der Waals surface area contributed by atoms with Gasteiger partial charge in [0.25, 0.3) is 0 Å². The van der Waals surface area contributed by atoms with E-state index < -0.39 is 68.0 Å². The number of aliphatic hydroxyl groups is 7. The summed E-state index contributed by atoms with van der Waals surface area (Å²) in [6.45, 7) is 0.875. The predicted octanol–water partition coefficient (Wildman–Crippen LogP) is -4.35. The fraction of sp³-hybridized carbons (Fsp3) is 1.00. The first-order valence-electron chi connectivity index (χ1n) is 8.05. The maximum Gasteiger partial charge on any atom is 0.186 e. The van der Waals surface area contributed by atoms with Gasteiger partial charge in [0.1, 0.15) is 48.8 Å². The molecule has 0 radical (unpaired) electrons. The predicted molar refractivity (Wildman–Crippen MR) is 78.0 cm³/mol. The summed E-state index contributed by atoms with van der Waals surface area (Å²) in [5.74, 6) is 0. The first-order chi connectivity index (χ1) is 11.8. The molecule has 2 aliphatic heterocycles. The van der Waals surface area contributed by atoms with Gasteiger partial charge in [-0.1, -0.05) is 0 Å². The maximum absolute atomic E-state index is 9.98. The van der Waals surface area contributed by atoms with Gasteiger partial charge in [-0.25, -0.2) is 0 Å². The average molecular weight is 370 g/mol. The highest BCUT2D eigenvalue weighted by Gasteiger charge is 2.47. The van der Waals surface area contributed by atoms with Crippen molar-refractivity contribution in [3.8, 4) is 0 Å². The summed E-state index contributed by atoms with van der Waals surface area (Å²) in [4.78, 5) is 0. The van der Waals surface area contributed by atoms with E-state index in [0.717, 1.165) is 0 Å². The molecule has 0 saturated carbocycles. The van der Waals surface area contributed by atoms with Crippen molar-refractivity contribution in [2.24, 2.45) is 0 Å². The van der Waals surface area contributed by atoms with Crippen LogP contribution in [0.3, 0.4) is 0 Å². The molecule has 0 aromatic heterocycles. The highest BCUT2D eigenvalue weighted by molar-refractivity contribution is 4.91. The van der Waals surface area contributed by atoms with E-state index in [-0.39, 0.29) is 13.2 Å². The summed E-state index contributed by atoms with van der Waals surface area (Å²) in [6.07, 6.45) is -14.0. The minimum absolute atomic E-state index is 0.199. The van der Waals surface area contributed by atoms with Gasteiger partial charge in [-0.05, 0) is 6.92 Å². The number of hydrogen-bond acceptors (Lipinski definition) is 11. The average Bonchev–Trinajstić information content (AvgIpc) is 2.60. The number of rotatable bonds is 6. The summed E-state index contributed by atoms with van der Waals surface area (Å²) in [6, 6.07) is 0. The Labute approximate surface area is 143 Å². The van der Waals surface area contributed by atoms with Crippen LogP contribution in [0.4, 0.5) is 0 Å². The largest absolute Gasteiger partial charge is 0.394 e. The van der Waals surface area contributed by atoms with E-state index in [1.165, 1.54) is 0 Å². The maximum atomic E-state index is 9.98. The summed E-state index contributed by atoms with van der Waals surface area (Å²) < 4.78 is 20.9. The molecule has 0 aromatic rings. The van der Waals surface area contributed by atoms with Gasteiger partial charge < -0.3 is 54.7 Å². The Morgan fingerprint density at radius 3 is 1.68 bits per heavy atom. The van der Waals surface area contributed by atoms with Crippen LogP contribution in [0, 0.1) is 0 Å². The van der Waals surface area contributed by atoms with Gasteiger partial charge in [-0.2, -0.15) is 0 Å². The number of aliphatic hydroxyl groups excluding tert-OH is 7. The van der Waals surface area contributed by atoms with Gasteiger partial charge >= 0.3 is 0 Å². The lowest BCUT2D eigenvalue weighted by atomic mass is 9.98. The highest BCUT2D eigenvalue weighted by Crippen LogP contribution is 2.25. The van der Waals surface area contributed by atoms with Crippen LogP contribution in [0.25, 0.3) is 0 Å². The van der Waals surface area contributed by atoms with Gasteiger partial charge in [-0.15, -0.1) is 0 Å². The van der Waals surface area contributed by atoms with Crippen molar-refractivity contribution >= 4 is 0 Å². The quantitative estimate of drug-likeness (QED) is 0.240. The molecule has 0 aliphatic carbocycles. The van der Waals surface area contributed by atoms with Gasteiger partial charge in [0.05, 0.1) is 13.2 Å². The second-order valence-electron chi connectivity index (χ2n) is 6.00. The van der Waals surface area contributed by atoms with Crippen molar-refractivity contribution in [2.45, 2.75) is 68.3 Å². The standard InChI is InChI=1S/C14H26O11/c1-2-22-13-11(20)10(19)8(17)6(25-13)4-23-14-12(21)9(18)7(16)5(3-15)24-14/h5-21H,2-4H2,1H3/t5-,6-,7+,8+,9+,10+,11-,12-,13-,14-/m1/s1. The Balaban J connectivity index is 1.96. The fourth-order valence-electron chi connectivity index (χ4n) is 2.75. The molecule has 0 spiro atoms. The smallest absolute Gasteiger partial charge is 0.186 e. The Bertz CT molecular complexity index is 408. The van der Waals surface area contributed by atoms with Crippen LogP contribution in [0.5, 0.6) is 0 Å². The summed E-state index contributed by atoms with van der Waals surface area (Å²) in [5, 5.41) is 68.0. The third-order valence-electron chi connectivity index (χ3n) is 4.27. The summed E-state index contributed by atoms with van der Waals surface area (Å²) in [7, 11) is 0. The Hall–Kier alpha value is -0.440. The number of hydrogen-bond donors (Lipinski definition) is 7. The Kier molecular flexibility index (Phi) is 7.49. The molecule has 0 bridgehead atoms. The first kappa shape index (κ1) is 20.9. The molecule has 148 valence electrons.